The number of hydrogen-bond donors (Lipinski definition) is 1. The van der Waals surface area contributed by atoms with Crippen LogP contribution in [0.5, 0.6) is 0 Å². The van der Waals surface area contributed by atoms with E-state index in [0.29, 0.717) is 12.6 Å². The molecule has 1 saturated carbocycles. The summed E-state index contributed by atoms with van der Waals surface area (Å²) in [4.78, 5) is 26.9. The van der Waals surface area contributed by atoms with Crippen molar-refractivity contribution in [2.75, 3.05) is 13.1 Å². The number of carbonyl (C=O) groups excluding carboxylic acids is 2. The number of piperidine rings is 1. The summed E-state index contributed by atoms with van der Waals surface area (Å²) in [5.41, 5.74) is 0.757. The van der Waals surface area contributed by atoms with Crippen LogP contribution in [0.2, 0.25) is 0 Å². The Balaban J connectivity index is 1.57. The Morgan fingerprint density at radius 1 is 0.957 bits per heavy atom. The summed E-state index contributed by atoms with van der Waals surface area (Å²) < 4.78 is 0. The Kier molecular flexibility index (Phi) is 5.31. The van der Waals surface area contributed by atoms with Gasteiger partial charge in [-0.05, 0) is 25.7 Å². The summed E-state index contributed by atoms with van der Waals surface area (Å²) in [6.07, 6.45) is 7.66. The van der Waals surface area contributed by atoms with Crippen LogP contribution >= 0.6 is 0 Å². The third kappa shape index (κ3) is 4.12. The van der Waals surface area contributed by atoms with Gasteiger partial charge in [-0.2, -0.15) is 0 Å². The van der Waals surface area contributed by atoms with Crippen LogP contribution in [0, 0.1) is 5.92 Å². The molecular formula is C19H26N2O2. The average molecular weight is 314 g/mol. The molecule has 23 heavy (non-hydrogen) atoms. The molecular weight excluding hydrogens is 288 g/mol. The SMILES string of the molecule is O=C(c1ccccc1)C1CCCN(C(=O)NC2CCCCC2)C1. The molecule has 0 bridgehead atoms. The minimum atomic E-state index is -0.0664. The number of likely N-dealkylation sites (tertiary alicyclic amines) is 1. The van der Waals surface area contributed by atoms with Crippen molar-refractivity contribution in [3.8, 4) is 0 Å². The Hall–Kier alpha value is -1.84. The van der Waals surface area contributed by atoms with Crippen molar-refractivity contribution < 1.29 is 9.59 Å². The third-order valence-corrected chi connectivity index (χ3v) is 5.07. The predicted octanol–water partition coefficient (Wildman–Crippen LogP) is 3.62. The third-order valence-electron chi connectivity index (χ3n) is 5.07. The molecule has 1 saturated heterocycles. The van der Waals surface area contributed by atoms with E-state index in [4.69, 9.17) is 0 Å². The lowest BCUT2D eigenvalue weighted by molar-refractivity contribution is 0.0843. The molecule has 1 atom stereocenters. The smallest absolute Gasteiger partial charge is 0.317 e. The first kappa shape index (κ1) is 16.0. The number of urea groups is 1. The van der Waals surface area contributed by atoms with Gasteiger partial charge in [0.1, 0.15) is 0 Å². The predicted molar refractivity (Wildman–Crippen MR) is 90.5 cm³/mol. The van der Waals surface area contributed by atoms with Gasteiger partial charge in [0.2, 0.25) is 0 Å². The zero-order valence-corrected chi connectivity index (χ0v) is 13.7. The fourth-order valence-corrected chi connectivity index (χ4v) is 3.73. The molecule has 1 unspecified atom stereocenters. The number of benzene rings is 1. The molecule has 1 aliphatic carbocycles. The van der Waals surface area contributed by atoms with E-state index in [0.717, 1.165) is 37.8 Å². The molecule has 3 rings (SSSR count). The quantitative estimate of drug-likeness (QED) is 0.866. The van der Waals surface area contributed by atoms with Crippen LogP contribution < -0.4 is 5.32 Å². The summed E-state index contributed by atoms with van der Waals surface area (Å²) in [6, 6.07) is 9.77. The van der Waals surface area contributed by atoms with Gasteiger partial charge in [0, 0.05) is 30.6 Å². The molecule has 1 heterocycles. The Labute approximate surface area is 138 Å². The second-order valence-corrected chi connectivity index (χ2v) is 6.80. The van der Waals surface area contributed by atoms with E-state index in [1.165, 1.54) is 19.3 Å². The first-order valence-electron chi connectivity index (χ1n) is 8.89. The van der Waals surface area contributed by atoms with E-state index in [1.807, 2.05) is 35.2 Å². The van der Waals surface area contributed by atoms with Gasteiger partial charge in [-0.15, -0.1) is 0 Å². The van der Waals surface area contributed by atoms with Gasteiger partial charge in [0.15, 0.2) is 5.78 Å². The highest BCUT2D eigenvalue weighted by Gasteiger charge is 2.29. The molecule has 1 aromatic rings. The number of amides is 2. The van der Waals surface area contributed by atoms with Gasteiger partial charge in [-0.25, -0.2) is 4.79 Å². The van der Waals surface area contributed by atoms with Crippen molar-refractivity contribution >= 4 is 11.8 Å². The molecule has 0 aromatic heterocycles. The largest absolute Gasteiger partial charge is 0.335 e. The number of carbonyl (C=O) groups is 2. The second-order valence-electron chi connectivity index (χ2n) is 6.80. The highest BCUT2D eigenvalue weighted by atomic mass is 16.2. The van der Waals surface area contributed by atoms with Crippen LogP contribution in [0.15, 0.2) is 30.3 Å². The van der Waals surface area contributed by atoms with Crippen LogP contribution in [0.4, 0.5) is 4.79 Å². The van der Waals surface area contributed by atoms with E-state index in [9.17, 15) is 9.59 Å². The van der Waals surface area contributed by atoms with Crippen molar-refractivity contribution in [2.24, 2.45) is 5.92 Å². The maximum Gasteiger partial charge on any atom is 0.317 e. The van der Waals surface area contributed by atoms with Crippen LogP contribution in [0.1, 0.15) is 55.3 Å². The number of nitrogens with one attached hydrogen (secondary N) is 1. The van der Waals surface area contributed by atoms with Crippen LogP contribution in [0.25, 0.3) is 0 Å². The molecule has 2 amide bonds. The van der Waals surface area contributed by atoms with Crippen molar-refractivity contribution in [1.82, 2.24) is 10.2 Å². The number of Topliss-reactive ketones (excluding diaryl/α,β-unsaturated/α-hetero) is 1. The minimum Gasteiger partial charge on any atom is -0.335 e. The van der Waals surface area contributed by atoms with E-state index in [-0.39, 0.29) is 17.7 Å². The van der Waals surface area contributed by atoms with Crippen molar-refractivity contribution in [3.63, 3.8) is 0 Å². The standard InChI is InChI=1S/C19H26N2O2/c22-18(15-8-3-1-4-9-15)16-10-7-13-21(14-16)19(23)20-17-11-5-2-6-12-17/h1,3-4,8-9,16-17H,2,5-7,10-14H2,(H,20,23). The lowest BCUT2D eigenvalue weighted by atomic mass is 9.90. The first-order chi connectivity index (χ1) is 11.2. The van der Waals surface area contributed by atoms with Crippen molar-refractivity contribution in [1.29, 1.82) is 0 Å². The molecule has 1 N–H and O–H groups in total. The Bertz CT molecular complexity index is 538. The van der Waals surface area contributed by atoms with Gasteiger partial charge >= 0.3 is 6.03 Å². The van der Waals surface area contributed by atoms with Crippen molar-refractivity contribution in [2.45, 2.75) is 51.0 Å². The molecule has 0 spiro atoms. The molecule has 2 aliphatic rings. The normalized spacial score (nSPS) is 22.6. The first-order valence-corrected chi connectivity index (χ1v) is 8.89. The van der Waals surface area contributed by atoms with Gasteiger partial charge < -0.3 is 10.2 Å². The Morgan fingerprint density at radius 3 is 2.43 bits per heavy atom. The summed E-state index contributed by atoms with van der Waals surface area (Å²) >= 11 is 0. The van der Waals surface area contributed by atoms with Gasteiger partial charge in [-0.1, -0.05) is 49.6 Å². The molecule has 1 aliphatic heterocycles. The van der Waals surface area contributed by atoms with Crippen LogP contribution in [-0.2, 0) is 0 Å². The number of nitrogens with zero attached hydrogens (tertiary/aromatic N) is 1. The van der Waals surface area contributed by atoms with E-state index < -0.39 is 0 Å². The number of ketones is 1. The minimum absolute atomic E-state index is 0.0162. The molecule has 0 radical (unpaired) electrons. The van der Waals surface area contributed by atoms with Gasteiger partial charge in [0.05, 0.1) is 0 Å². The highest BCUT2D eigenvalue weighted by Crippen LogP contribution is 2.22. The summed E-state index contributed by atoms with van der Waals surface area (Å²) in [5.74, 6) is 0.101. The highest BCUT2D eigenvalue weighted by molar-refractivity contribution is 5.98. The van der Waals surface area contributed by atoms with E-state index in [1.54, 1.807) is 0 Å². The van der Waals surface area contributed by atoms with Gasteiger partial charge in [-0.3, -0.25) is 4.79 Å². The summed E-state index contributed by atoms with van der Waals surface area (Å²) in [7, 11) is 0. The molecule has 4 nitrogen and oxygen atoms in total. The lowest BCUT2D eigenvalue weighted by Gasteiger charge is -2.34. The monoisotopic (exact) mass is 314 g/mol. The number of hydrogen-bond acceptors (Lipinski definition) is 2. The molecule has 1 aromatic carbocycles. The average Bonchev–Trinajstić information content (AvgIpc) is 2.63. The second kappa shape index (κ2) is 7.62. The molecule has 4 heteroatoms. The van der Waals surface area contributed by atoms with Crippen LogP contribution in [-0.4, -0.2) is 35.8 Å². The fourth-order valence-electron chi connectivity index (χ4n) is 3.73. The van der Waals surface area contributed by atoms with E-state index >= 15 is 0 Å². The maximum absolute atomic E-state index is 12.6. The molecule has 124 valence electrons. The Morgan fingerprint density at radius 2 is 1.70 bits per heavy atom. The maximum atomic E-state index is 12.6. The zero-order chi connectivity index (χ0) is 16.1. The van der Waals surface area contributed by atoms with Gasteiger partial charge in [0.25, 0.3) is 0 Å². The number of rotatable bonds is 3. The van der Waals surface area contributed by atoms with Crippen LogP contribution in [0.3, 0.4) is 0 Å². The van der Waals surface area contributed by atoms with Crippen molar-refractivity contribution in [3.05, 3.63) is 35.9 Å². The topological polar surface area (TPSA) is 49.4 Å². The summed E-state index contributed by atoms with van der Waals surface area (Å²) in [5, 5.41) is 3.16. The molecule has 2 fully saturated rings. The fraction of sp³-hybridized carbons (Fsp3) is 0.579. The lowest BCUT2D eigenvalue weighted by Crippen LogP contribution is -2.50. The van der Waals surface area contributed by atoms with E-state index in [2.05, 4.69) is 5.32 Å². The zero-order valence-electron chi connectivity index (χ0n) is 13.7. The summed E-state index contributed by atoms with van der Waals surface area (Å²) in [6.45, 7) is 1.31.